The van der Waals surface area contributed by atoms with Crippen LogP contribution in [-0.4, -0.2) is 29.9 Å². The van der Waals surface area contributed by atoms with Gasteiger partial charge in [-0.05, 0) is 49.8 Å². The monoisotopic (exact) mass is 355 g/mol. The molecule has 0 spiro atoms. The summed E-state index contributed by atoms with van der Waals surface area (Å²) in [5.41, 5.74) is 0.893. The van der Waals surface area contributed by atoms with E-state index >= 15 is 0 Å². The smallest absolute Gasteiger partial charge is 0.415 e. The first-order valence-corrected chi connectivity index (χ1v) is 8.32. The number of carbonyl (C=O) groups excluding carboxylic acids is 2. The summed E-state index contributed by atoms with van der Waals surface area (Å²) in [6, 6.07) is 10.5. The van der Waals surface area contributed by atoms with Crippen LogP contribution in [-0.2, 0) is 0 Å². The van der Waals surface area contributed by atoms with Gasteiger partial charge in [-0.1, -0.05) is 12.1 Å². The van der Waals surface area contributed by atoms with Crippen molar-refractivity contribution in [1.82, 2.24) is 4.90 Å². The van der Waals surface area contributed by atoms with Crippen LogP contribution < -0.4 is 9.47 Å². The third kappa shape index (κ3) is 3.59. The molecule has 0 aromatic heterocycles. The zero-order valence-corrected chi connectivity index (χ0v) is 14.5. The second-order valence-corrected chi connectivity index (χ2v) is 5.69. The molecule has 0 saturated carbocycles. The normalized spacial score (nSPS) is 14.1. The summed E-state index contributed by atoms with van der Waals surface area (Å²) < 4.78 is 24.2. The van der Waals surface area contributed by atoms with E-state index < -0.39 is 11.9 Å². The molecule has 0 N–H and O–H groups in total. The van der Waals surface area contributed by atoms with Crippen LogP contribution in [0.2, 0.25) is 0 Å². The second kappa shape index (κ2) is 7.39. The van der Waals surface area contributed by atoms with E-state index in [4.69, 9.17) is 9.47 Å². The van der Waals surface area contributed by atoms with Gasteiger partial charge in [-0.2, -0.15) is 0 Å². The molecular formula is C20H18FNO4. The zero-order chi connectivity index (χ0) is 18.7. The lowest BCUT2D eigenvalue weighted by Gasteiger charge is -2.17. The third-order valence-corrected chi connectivity index (χ3v) is 4.01. The number of ketones is 1. The standard InChI is InChI=1S/C20H18FNO4/c1-3-22(4-2)20(24)25-15-8-9-16-17(12-15)26-18(19(16)23)11-13-6-5-7-14(21)10-13/h5-12H,3-4H2,1-2H3/b18-11-. The molecule has 1 amide bonds. The van der Waals surface area contributed by atoms with Gasteiger partial charge in [-0.3, -0.25) is 4.79 Å². The van der Waals surface area contributed by atoms with Crippen molar-refractivity contribution < 1.29 is 23.5 Å². The number of allylic oxidation sites excluding steroid dienone is 1. The van der Waals surface area contributed by atoms with Gasteiger partial charge in [0.15, 0.2) is 5.76 Å². The fraction of sp³-hybridized carbons (Fsp3) is 0.200. The predicted molar refractivity (Wildman–Crippen MR) is 94.7 cm³/mol. The van der Waals surface area contributed by atoms with E-state index in [1.165, 1.54) is 29.2 Å². The number of Topliss-reactive ketones (excluding diaryl/α,β-unsaturated/α-hetero) is 1. The van der Waals surface area contributed by atoms with Crippen LogP contribution in [0.1, 0.15) is 29.8 Å². The quantitative estimate of drug-likeness (QED) is 0.768. The molecule has 6 heteroatoms. The van der Waals surface area contributed by atoms with E-state index in [1.54, 1.807) is 24.3 Å². The molecule has 5 nitrogen and oxygen atoms in total. The van der Waals surface area contributed by atoms with E-state index in [2.05, 4.69) is 0 Å². The molecule has 1 aliphatic rings. The van der Waals surface area contributed by atoms with Crippen LogP contribution in [0.3, 0.4) is 0 Å². The average Bonchev–Trinajstić information content (AvgIpc) is 2.91. The first-order chi connectivity index (χ1) is 12.5. The average molecular weight is 355 g/mol. The fourth-order valence-electron chi connectivity index (χ4n) is 2.63. The lowest BCUT2D eigenvalue weighted by molar-refractivity contribution is 0.101. The van der Waals surface area contributed by atoms with E-state index in [-0.39, 0.29) is 11.5 Å². The number of carbonyl (C=O) groups is 2. The highest BCUT2D eigenvalue weighted by Crippen LogP contribution is 2.35. The van der Waals surface area contributed by atoms with Crippen molar-refractivity contribution in [2.75, 3.05) is 13.1 Å². The molecule has 0 bridgehead atoms. The number of benzene rings is 2. The largest absolute Gasteiger partial charge is 0.452 e. The minimum Gasteiger partial charge on any atom is -0.452 e. The van der Waals surface area contributed by atoms with E-state index in [1.807, 2.05) is 13.8 Å². The molecule has 26 heavy (non-hydrogen) atoms. The Hall–Kier alpha value is -3.15. The topological polar surface area (TPSA) is 55.8 Å². The molecule has 1 aliphatic heterocycles. The molecule has 0 unspecified atom stereocenters. The molecule has 134 valence electrons. The Kier molecular flexibility index (Phi) is 5.02. The van der Waals surface area contributed by atoms with Crippen LogP contribution in [0.25, 0.3) is 6.08 Å². The van der Waals surface area contributed by atoms with Gasteiger partial charge in [0.2, 0.25) is 5.78 Å². The zero-order valence-electron chi connectivity index (χ0n) is 14.5. The van der Waals surface area contributed by atoms with Crippen LogP contribution in [0, 0.1) is 5.82 Å². The van der Waals surface area contributed by atoms with E-state index in [0.29, 0.717) is 35.7 Å². The number of amides is 1. The van der Waals surface area contributed by atoms with Crippen LogP contribution in [0.4, 0.5) is 9.18 Å². The molecule has 2 aromatic rings. The Morgan fingerprint density at radius 2 is 1.96 bits per heavy atom. The maximum atomic E-state index is 13.3. The summed E-state index contributed by atoms with van der Waals surface area (Å²) >= 11 is 0. The first kappa shape index (κ1) is 17.7. The molecule has 0 aliphatic carbocycles. The van der Waals surface area contributed by atoms with Crippen LogP contribution in [0.15, 0.2) is 48.2 Å². The van der Waals surface area contributed by atoms with Crippen molar-refractivity contribution in [3.8, 4) is 11.5 Å². The van der Waals surface area contributed by atoms with Gasteiger partial charge in [0, 0.05) is 19.2 Å². The van der Waals surface area contributed by atoms with Crippen molar-refractivity contribution in [2.24, 2.45) is 0 Å². The fourth-order valence-corrected chi connectivity index (χ4v) is 2.63. The Morgan fingerprint density at radius 1 is 1.19 bits per heavy atom. The highest BCUT2D eigenvalue weighted by Gasteiger charge is 2.28. The Balaban J connectivity index is 1.81. The number of halogens is 1. The second-order valence-electron chi connectivity index (χ2n) is 5.69. The highest BCUT2D eigenvalue weighted by atomic mass is 19.1. The lowest BCUT2D eigenvalue weighted by atomic mass is 10.1. The van der Waals surface area contributed by atoms with Crippen molar-refractivity contribution >= 4 is 18.0 Å². The van der Waals surface area contributed by atoms with Gasteiger partial charge in [0.25, 0.3) is 0 Å². The Morgan fingerprint density at radius 3 is 2.65 bits per heavy atom. The third-order valence-electron chi connectivity index (χ3n) is 4.01. The van der Waals surface area contributed by atoms with Gasteiger partial charge in [0.05, 0.1) is 5.56 Å². The van der Waals surface area contributed by atoms with E-state index in [0.717, 1.165) is 0 Å². The molecule has 0 radical (unpaired) electrons. The molecular weight excluding hydrogens is 337 g/mol. The summed E-state index contributed by atoms with van der Waals surface area (Å²) in [4.78, 5) is 26.0. The summed E-state index contributed by atoms with van der Waals surface area (Å²) in [6.45, 7) is 4.79. The Bertz CT molecular complexity index is 887. The van der Waals surface area contributed by atoms with Crippen molar-refractivity contribution in [1.29, 1.82) is 0 Å². The summed E-state index contributed by atoms with van der Waals surface area (Å²) in [6.07, 6.45) is 1.02. The number of hydrogen-bond donors (Lipinski definition) is 0. The lowest BCUT2D eigenvalue weighted by Crippen LogP contribution is -2.33. The molecule has 0 saturated heterocycles. The van der Waals surface area contributed by atoms with Crippen molar-refractivity contribution in [3.63, 3.8) is 0 Å². The number of ether oxygens (including phenoxy) is 2. The SMILES string of the molecule is CCN(CC)C(=O)Oc1ccc2c(c1)O/C(=C\c1cccc(F)c1)C2=O. The van der Waals surface area contributed by atoms with Crippen molar-refractivity contribution in [3.05, 3.63) is 65.2 Å². The molecule has 0 atom stereocenters. The molecule has 0 fully saturated rings. The molecule has 2 aromatic carbocycles. The molecule has 1 heterocycles. The van der Waals surface area contributed by atoms with Gasteiger partial charge < -0.3 is 14.4 Å². The molecule has 3 rings (SSSR count). The Labute approximate surface area is 150 Å². The van der Waals surface area contributed by atoms with Crippen LogP contribution >= 0.6 is 0 Å². The summed E-state index contributed by atoms with van der Waals surface area (Å²) in [5, 5.41) is 0. The number of hydrogen-bond acceptors (Lipinski definition) is 4. The minimum absolute atomic E-state index is 0.0952. The van der Waals surface area contributed by atoms with Gasteiger partial charge in [0.1, 0.15) is 17.3 Å². The van der Waals surface area contributed by atoms with Crippen molar-refractivity contribution in [2.45, 2.75) is 13.8 Å². The van der Waals surface area contributed by atoms with E-state index in [9.17, 15) is 14.0 Å². The van der Waals surface area contributed by atoms with Gasteiger partial charge in [-0.15, -0.1) is 0 Å². The first-order valence-electron chi connectivity index (χ1n) is 8.32. The maximum absolute atomic E-state index is 13.3. The highest BCUT2D eigenvalue weighted by molar-refractivity contribution is 6.14. The summed E-state index contributed by atoms with van der Waals surface area (Å²) in [7, 11) is 0. The summed E-state index contributed by atoms with van der Waals surface area (Å²) in [5.74, 6) is -0.000401. The van der Waals surface area contributed by atoms with Gasteiger partial charge in [-0.25, -0.2) is 9.18 Å². The maximum Gasteiger partial charge on any atom is 0.415 e. The van der Waals surface area contributed by atoms with Gasteiger partial charge >= 0.3 is 6.09 Å². The predicted octanol–water partition coefficient (Wildman–Crippen LogP) is 4.28. The number of rotatable bonds is 4. The minimum atomic E-state index is -0.463. The number of nitrogens with zero attached hydrogens (tertiary/aromatic N) is 1. The van der Waals surface area contributed by atoms with Crippen LogP contribution in [0.5, 0.6) is 11.5 Å². The number of fused-ring (bicyclic) bond motifs is 1.